The minimum atomic E-state index is 0.345. The highest BCUT2D eigenvalue weighted by Gasteiger charge is 2.13. The van der Waals surface area contributed by atoms with E-state index < -0.39 is 0 Å². The fourth-order valence-electron chi connectivity index (χ4n) is 1.84. The first-order valence-corrected chi connectivity index (χ1v) is 6.90. The normalized spacial score (nSPS) is 10.9. The summed E-state index contributed by atoms with van der Waals surface area (Å²) in [6.07, 6.45) is 0.593. The zero-order valence-corrected chi connectivity index (χ0v) is 12.1. The standard InChI is InChI=1S/C14H12BrN3O2/c15-11-4-2-1-3-9(11)7-13-17-14(20-18-13)12-6-5-10(8-16)19-12/h1-6H,7-8,16H2. The highest BCUT2D eigenvalue weighted by molar-refractivity contribution is 9.10. The summed E-state index contributed by atoms with van der Waals surface area (Å²) in [6.45, 7) is 0.345. The van der Waals surface area contributed by atoms with Gasteiger partial charge in [0.15, 0.2) is 11.6 Å². The number of hydrogen-bond donors (Lipinski definition) is 1. The molecule has 20 heavy (non-hydrogen) atoms. The van der Waals surface area contributed by atoms with Gasteiger partial charge < -0.3 is 14.7 Å². The van der Waals surface area contributed by atoms with Crippen LogP contribution >= 0.6 is 15.9 Å². The minimum absolute atomic E-state index is 0.345. The lowest BCUT2D eigenvalue weighted by molar-refractivity contribution is 0.406. The van der Waals surface area contributed by atoms with Gasteiger partial charge in [0.05, 0.1) is 6.54 Å². The molecule has 0 aliphatic carbocycles. The van der Waals surface area contributed by atoms with E-state index >= 15 is 0 Å². The van der Waals surface area contributed by atoms with Crippen molar-refractivity contribution < 1.29 is 8.94 Å². The second-order valence-electron chi connectivity index (χ2n) is 4.25. The van der Waals surface area contributed by atoms with Crippen molar-refractivity contribution in [3.8, 4) is 11.7 Å². The van der Waals surface area contributed by atoms with Gasteiger partial charge in [-0.1, -0.05) is 39.3 Å². The van der Waals surface area contributed by atoms with Crippen molar-refractivity contribution in [3.05, 3.63) is 58.0 Å². The quantitative estimate of drug-likeness (QED) is 0.793. The van der Waals surface area contributed by atoms with Crippen molar-refractivity contribution in [1.29, 1.82) is 0 Å². The third-order valence-electron chi connectivity index (χ3n) is 2.85. The molecule has 3 rings (SSSR count). The van der Waals surface area contributed by atoms with E-state index in [0.29, 0.717) is 36.2 Å². The second kappa shape index (κ2) is 5.60. The Morgan fingerprint density at radius 1 is 1.15 bits per heavy atom. The monoisotopic (exact) mass is 333 g/mol. The molecular formula is C14H12BrN3O2. The summed E-state index contributed by atoms with van der Waals surface area (Å²) >= 11 is 3.50. The highest BCUT2D eigenvalue weighted by Crippen LogP contribution is 2.22. The maximum absolute atomic E-state index is 5.50. The largest absolute Gasteiger partial charge is 0.455 e. The number of aromatic nitrogens is 2. The van der Waals surface area contributed by atoms with Crippen LogP contribution in [0.25, 0.3) is 11.7 Å². The Hall–Kier alpha value is -1.92. The van der Waals surface area contributed by atoms with Crippen LogP contribution in [-0.4, -0.2) is 10.1 Å². The molecule has 0 bridgehead atoms. The predicted molar refractivity (Wildman–Crippen MR) is 76.8 cm³/mol. The molecule has 1 aromatic carbocycles. The first-order valence-electron chi connectivity index (χ1n) is 6.11. The van der Waals surface area contributed by atoms with E-state index in [1.165, 1.54) is 0 Å². The number of hydrogen-bond acceptors (Lipinski definition) is 5. The molecule has 0 aliphatic heterocycles. The topological polar surface area (TPSA) is 78.1 Å². The van der Waals surface area contributed by atoms with Gasteiger partial charge in [-0.15, -0.1) is 0 Å². The van der Waals surface area contributed by atoms with Crippen LogP contribution in [0.4, 0.5) is 0 Å². The maximum Gasteiger partial charge on any atom is 0.293 e. The lowest BCUT2D eigenvalue weighted by atomic mass is 10.1. The van der Waals surface area contributed by atoms with Crippen molar-refractivity contribution in [1.82, 2.24) is 10.1 Å². The zero-order chi connectivity index (χ0) is 13.9. The average Bonchev–Trinajstić information content (AvgIpc) is 3.10. The van der Waals surface area contributed by atoms with Gasteiger partial charge in [-0.3, -0.25) is 0 Å². The molecule has 0 fully saturated rings. The summed E-state index contributed by atoms with van der Waals surface area (Å²) in [6, 6.07) is 11.5. The number of halogens is 1. The van der Waals surface area contributed by atoms with Crippen LogP contribution < -0.4 is 5.73 Å². The summed E-state index contributed by atoms with van der Waals surface area (Å²) in [5.74, 6) is 2.20. The number of nitrogens with two attached hydrogens (primary N) is 1. The number of nitrogens with zero attached hydrogens (tertiary/aromatic N) is 2. The highest BCUT2D eigenvalue weighted by atomic mass is 79.9. The average molecular weight is 334 g/mol. The lowest BCUT2D eigenvalue weighted by Crippen LogP contribution is -1.92. The molecule has 0 aliphatic rings. The fraction of sp³-hybridized carbons (Fsp3) is 0.143. The van der Waals surface area contributed by atoms with Crippen molar-refractivity contribution >= 4 is 15.9 Å². The van der Waals surface area contributed by atoms with Crippen molar-refractivity contribution in [3.63, 3.8) is 0 Å². The molecule has 0 unspecified atom stereocenters. The Bertz CT molecular complexity index is 721. The minimum Gasteiger partial charge on any atom is -0.455 e. The van der Waals surface area contributed by atoms with Crippen LogP contribution in [0.3, 0.4) is 0 Å². The van der Waals surface area contributed by atoms with E-state index in [0.717, 1.165) is 10.0 Å². The van der Waals surface area contributed by atoms with Gasteiger partial charge in [-0.25, -0.2) is 0 Å². The summed E-state index contributed by atoms with van der Waals surface area (Å²) in [5, 5.41) is 3.97. The van der Waals surface area contributed by atoms with E-state index in [4.69, 9.17) is 14.7 Å². The molecule has 102 valence electrons. The van der Waals surface area contributed by atoms with Crippen molar-refractivity contribution in [2.24, 2.45) is 5.73 Å². The third kappa shape index (κ3) is 2.66. The Kier molecular flexibility index (Phi) is 3.66. The Morgan fingerprint density at radius 2 is 2.00 bits per heavy atom. The van der Waals surface area contributed by atoms with E-state index in [9.17, 15) is 0 Å². The van der Waals surface area contributed by atoms with Gasteiger partial charge in [0, 0.05) is 10.9 Å². The zero-order valence-electron chi connectivity index (χ0n) is 10.5. The molecular weight excluding hydrogens is 322 g/mol. The van der Waals surface area contributed by atoms with E-state index in [2.05, 4.69) is 26.1 Å². The van der Waals surface area contributed by atoms with Crippen molar-refractivity contribution in [2.45, 2.75) is 13.0 Å². The van der Waals surface area contributed by atoms with Crippen LogP contribution in [0.5, 0.6) is 0 Å². The van der Waals surface area contributed by atoms with E-state index in [1.54, 1.807) is 12.1 Å². The summed E-state index contributed by atoms with van der Waals surface area (Å²) in [4.78, 5) is 4.33. The second-order valence-corrected chi connectivity index (χ2v) is 5.11. The first-order chi connectivity index (χ1) is 9.76. The Balaban J connectivity index is 1.82. The van der Waals surface area contributed by atoms with E-state index in [-0.39, 0.29) is 0 Å². The Morgan fingerprint density at radius 3 is 2.75 bits per heavy atom. The number of furan rings is 1. The maximum atomic E-state index is 5.50. The van der Waals surface area contributed by atoms with E-state index in [1.807, 2.05) is 24.3 Å². The summed E-state index contributed by atoms with van der Waals surface area (Å²) in [7, 11) is 0. The first kappa shape index (κ1) is 13.1. The van der Waals surface area contributed by atoms with Gasteiger partial charge in [-0.05, 0) is 23.8 Å². The van der Waals surface area contributed by atoms with Crippen LogP contribution in [0, 0.1) is 0 Å². The van der Waals surface area contributed by atoms with Crippen molar-refractivity contribution in [2.75, 3.05) is 0 Å². The fourth-order valence-corrected chi connectivity index (χ4v) is 2.27. The molecule has 0 spiro atoms. The Labute approximate surface area is 123 Å². The van der Waals surface area contributed by atoms with Crippen LogP contribution in [0.2, 0.25) is 0 Å². The molecule has 0 saturated carbocycles. The molecule has 0 radical (unpaired) electrons. The third-order valence-corrected chi connectivity index (χ3v) is 3.62. The molecule has 0 saturated heterocycles. The van der Waals surface area contributed by atoms with Gasteiger partial charge in [0.1, 0.15) is 5.76 Å². The molecule has 5 nitrogen and oxygen atoms in total. The van der Waals surface area contributed by atoms with Gasteiger partial charge >= 0.3 is 0 Å². The van der Waals surface area contributed by atoms with Gasteiger partial charge in [-0.2, -0.15) is 4.98 Å². The number of benzene rings is 1. The molecule has 3 aromatic rings. The van der Waals surface area contributed by atoms with Crippen LogP contribution in [-0.2, 0) is 13.0 Å². The smallest absolute Gasteiger partial charge is 0.293 e. The lowest BCUT2D eigenvalue weighted by Gasteiger charge is -1.99. The summed E-state index contributed by atoms with van der Waals surface area (Å²) in [5.41, 5.74) is 6.60. The molecule has 6 heteroatoms. The van der Waals surface area contributed by atoms with Gasteiger partial charge in [0.25, 0.3) is 5.89 Å². The SMILES string of the molecule is NCc1ccc(-c2nc(Cc3ccccc3Br)no2)o1. The molecule has 2 heterocycles. The summed E-state index contributed by atoms with van der Waals surface area (Å²) < 4.78 is 11.7. The molecule has 2 N–H and O–H groups in total. The molecule has 0 amide bonds. The van der Waals surface area contributed by atoms with Crippen LogP contribution in [0.15, 0.2) is 49.8 Å². The van der Waals surface area contributed by atoms with Crippen LogP contribution in [0.1, 0.15) is 17.1 Å². The number of rotatable bonds is 4. The molecule has 0 atom stereocenters. The predicted octanol–water partition coefficient (Wildman–Crippen LogP) is 3.14. The van der Waals surface area contributed by atoms with Gasteiger partial charge in [0.2, 0.25) is 0 Å². The molecule has 2 aromatic heterocycles.